The van der Waals surface area contributed by atoms with Gasteiger partial charge in [-0.3, -0.25) is 38.8 Å². The topological polar surface area (TPSA) is 141 Å². The average molecular weight is 689 g/mol. The molecule has 5 heterocycles. The number of nitrogens with one attached hydrogen (secondary N) is 2. The van der Waals surface area contributed by atoms with Crippen molar-refractivity contribution < 1.29 is 18.8 Å². The minimum atomic E-state index is -0.437. The quantitative estimate of drug-likeness (QED) is 0.169. The van der Waals surface area contributed by atoms with E-state index in [1.54, 1.807) is 40.6 Å². The molecule has 8 rings (SSSR count). The van der Waals surface area contributed by atoms with Crippen LogP contribution >= 0.6 is 0 Å². The first-order valence-corrected chi connectivity index (χ1v) is 17.0. The lowest BCUT2D eigenvalue weighted by Crippen LogP contribution is -2.39. The van der Waals surface area contributed by atoms with Gasteiger partial charge in [0.25, 0.3) is 5.91 Å². The molecule has 52 heavy (non-hydrogen) atoms. The maximum Gasteiger partial charge on any atom is 0.328 e. The molecule has 1 aliphatic heterocycles. The number of aromatic nitrogens is 4. The Bertz CT molecular complexity index is 2710. The summed E-state index contributed by atoms with van der Waals surface area (Å²) in [5.74, 6) is 4.87. The molecule has 1 saturated heterocycles. The van der Waals surface area contributed by atoms with Crippen molar-refractivity contribution in [3.8, 4) is 34.2 Å². The van der Waals surface area contributed by atoms with Gasteiger partial charge in [-0.15, -0.1) is 0 Å². The lowest BCUT2D eigenvalue weighted by Gasteiger charge is -2.21. The largest absolute Gasteiger partial charge is 0.448 e. The minimum absolute atomic E-state index is 0.0340. The van der Waals surface area contributed by atoms with E-state index in [2.05, 4.69) is 39.6 Å². The second-order valence-corrected chi connectivity index (χ2v) is 12.7. The first kappa shape index (κ1) is 32.4. The summed E-state index contributed by atoms with van der Waals surface area (Å²) in [5, 5.41) is 7.92. The second-order valence-electron chi connectivity index (χ2n) is 12.7. The van der Waals surface area contributed by atoms with Gasteiger partial charge in [0.1, 0.15) is 11.3 Å². The first-order chi connectivity index (χ1) is 25.3. The van der Waals surface area contributed by atoms with Gasteiger partial charge >= 0.3 is 5.69 Å². The predicted octanol–water partition coefficient (Wildman–Crippen LogP) is 5.69. The number of aryl methyl sites for hydroxylation is 2. The Morgan fingerprint density at radius 2 is 1.79 bits per heavy atom. The number of imidazole rings is 1. The SMILES string of the molecule is CCn1c(=O)n(C)c2ccc(-c3cccc4cc(-c5ccc(C(=O)NCC#Cc6cc7c(C8CCC(=O)NC8=O)cccc7o6)nc5)ncc34)cc21. The van der Waals surface area contributed by atoms with Crippen LogP contribution in [0.4, 0.5) is 0 Å². The summed E-state index contributed by atoms with van der Waals surface area (Å²) in [4.78, 5) is 58.7. The molecule has 0 bridgehead atoms. The van der Waals surface area contributed by atoms with Crippen molar-refractivity contribution in [1.82, 2.24) is 29.7 Å². The van der Waals surface area contributed by atoms with Gasteiger partial charge in [-0.05, 0) is 77.7 Å². The van der Waals surface area contributed by atoms with Crippen LogP contribution in [0.5, 0.6) is 0 Å². The van der Waals surface area contributed by atoms with E-state index in [1.807, 2.05) is 61.7 Å². The highest BCUT2D eigenvalue weighted by Crippen LogP contribution is 2.34. The number of nitrogens with zero attached hydrogens (tertiary/aromatic N) is 4. The molecule has 256 valence electrons. The molecule has 0 radical (unpaired) electrons. The molecule has 1 unspecified atom stereocenters. The molecule has 1 aliphatic rings. The maximum atomic E-state index is 12.8. The van der Waals surface area contributed by atoms with Gasteiger partial charge in [0, 0.05) is 54.8 Å². The van der Waals surface area contributed by atoms with E-state index in [0.29, 0.717) is 24.3 Å². The van der Waals surface area contributed by atoms with Gasteiger partial charge < -0.3 is 9.73 Å². The third-order valence-corrected chi connectivity index (χ3v) is 9.59. The van der Waals surface area contributed by atoms with Crippen molar-refractivity contribution in [2.45, 2.75) is 32.2 Å². The van der Waals surface area contributed by atoms with E-state index in [-0.39, 0.29) is 42.1 Å². The summed E-state index contributed by atoms with van der Waals surface area (Å²) in [6.07, 6.45) is 4.20. The number of imide groups is 1. The summed E-state index contributed by atoms with van der Waals surface area (Å²) in [6, 6.07) is 24.9. The number of benzene rings is 3. The number of pyridine rings is 2. The van der Waals surface area contributed by atoms with Crippen LogP contribution in [0.15, 0.2) is 100 Å². The van der Waals surface area contributed by atoms with Crippen LogP contribution in [0, 0.1) is 11.8 Å². The standard InChI is InChI=1S/C41H32N6O5/c1-3-47-36-20-25(13-16-35(36)46(2)41(47)51)28-9-4-7-24-19-34(44-23-32(24)28)26-12-15-33(43-22-26)40(50)42-18-6-8-27-21-31-29(10-5-11-37(31)52-27)30-14-17-38(48)45-39(30)49/h4-5,7,9-13,15-16,19-23,30H,3,14,17-18H2,1-2H3,(H,42,50)(H,45,48,49). The van der Waals surface area contributed by atoms with Crippen LogP contribution in [0.2, 0.25) is 0 Å². The number of amides is 3. The molecule has 4 aromatic heterocycles. The van der Waals surface area contributed by atoms with Crippen molar-refractivity contribution in [2.75, 3.05) is 6.54 Å². The van der Waals surface area contributed by atoms with Crippen LogP contribution in [-0.2, 0) is 23.2 Å². The number of fused-ring (bicyclic) bond motifs is 3. The predicted molar refractivity (Wildman–Crippen MR) is 197 cm³/mol. The van der Waals surface area contributed by atoms with Gasteiger partial charge in [0.15, 0.2) is 5.76 Å². The number of carbonyl (C=O) groups is 3. The summed E-state index contributed by atoms with van der Waals surface area (Å²) >= 11 is 0. The van der Waals surface area contributed by atoms with Crippen LogP contribution < -0.4 is 16.3 Å². The number of piperidine rings is 1. The summed E-state index contributed by atoms with van der Waals surface area (Å²) in [6.45, 7) is 2.63. The van der Waals surface area contributed by atoms with E-state index in [1.165, 1.54) is 0 Å². The lowest BCUT2D eigenvalue weighted by molar-refractivity contribution is -0.134. The molecule has 2 N–H and O–H groups in total. The fraction of sp³-hybridized carbons (Fsp3) is 0.171. The highest BCUT2D eigenvalue weighted by atomic mass is 16.3. The molecule has 0 aliphatic carbocycles. The number of carbonyl (C=O) groups excluding carboxylic acids is 3. The summed E-state index contributed by atoms with van der Waals surface area (Å²) < 4.78 is 9.32. The summed E-state index contributed by atoms with van der Waals surface area (Å²) in [7, 11) is 1.79. The van der Waals surface area contributed by atoms with Crippen LogP contribution in [0.25, 0.3) is 55.2 Å². The number of furan rings is 1. The third kappa shape index (κ3) is 5.80. The Morgan fingerprint density at radius 1 is 0.942 bits per heavy atom. The number of hydrogen-bond donors (Lipinski definition) is 2. The minimum Gasteiger partial charge on any atom is -0.448 e. The highest BCUT2D eigenvalue weighted by molar-refractivity contribution is 6.03. The van der Waals surface area contributed by atoms with Gasteiger partial charge in [-0.25, -0.2) is 4.79 Å². The Morgan fingerprint density at radius 3 is 2.60 bits per heavy atom. The van der Waals surface area contributed by atoms with Gasteiger partial charge in [-0.2, -0.15) is 0 Å². The molecule has 0 spiro atoms. The molecule has 3 amide bonds. The Balaban J connectivity index is 0.950. The molecule has 1 atom stereocenters. The molecular formula is C41H32N6O5. The van der Waals surface area contributed by atoms with Crippen molar-refractivity contribution in [2.24, 2.45) is 7.05 Å². The Labute approximate surface area is 297 Å². The molecular weight excluding hydrogens is 656 g/mol. The fourth-order valence-electron chi connectivity index (χ4n) is 6.93. The Kier molecular flexibility index (Phi) is 8.20. The van der Waals surface area contributed by atoms with Gasteiger partial charge in [0.2, 0.25) is 11.8 Å². The monoisotopic (exact) mass is 688 g/mol. The zero-order chi connectivity index (χ0) is 35.9. The Hall–Kier alpha value is -6.80. The summed E-state index contributed by atoms with van der Waals surface area (Å²) in [5.41, 5.74) is 6.88. The lowest BCUT2D eigenvalue weighted by atomic mass is 9.88. The average Bonchev–Trinajstić information content (AvgIpc) is 3.69. The highest BCUT2D eigenvalue weighted by Gasteiger charge is 2.29. The normalized spacial score (nSPS) is 14.4. The molecule has 7 aromatic rings. The van der Waals surface area contributed by atoms with Crippen molar-refractivity contribution in [3.05, 3.63) is 119 Å². The van der Waals surface area contributed by atoms with Gasteiger partial charge in [-0.1, -0.05) is 42.3 Å². The molecule has 3 aromatic carbocycles. The fourth-order valence-corrected chi connectivity index (χ4v) is 6.93. The van der Waals surface area contributed by atoms with E-state index >= 15 is 0 Å². The van der Waals surface area contributed by atoms with E-state index in [4.69, 9.17) is 9.40 Å². The first-order valence-electron chi connectivity index (χ1n) is 17.0. The van der Waals surface area contributed by atoms with Crippen molar-refractivity contribution >= 4 is 50.5 Å². The molecule has 11 heteroatoms. The zero-order valence-electron chi connectivity index (χ0n) is 28.4. The third-order valence-electron chi connectivity index (χ3n) is 9.59. The van der Waals surface area contributed by atoms with Crippen molar-refractivity contribution in [1.29, 1.82) is 0 Å². The molecule has 11 nitrogen and oxygen atoms in total. The van der Waals surface area contributed by atoms with Crippen LogP contribution in [-0.4, -0.2) is 43.4 Å². The van der Waals surface area contributed by atoms with Crippen LogP contribution in [0.3, 0.4) is 0 Å². The number of rotatable bonds is 6. The number of hydrogen-bond acceptors (Lipinski definition) is 7. The zero-order valence-corrected chi connectivity index (χ0v) is 28.4. The molecule has 0 saturated carbocycles. The van der Waals surface area contributed by atoms with Crippen LogP contribution in [0.1, 0.15) is 47.5 Å². The van der Waals surface area contributed by atoms with E-state index in [9.17, 15) is 19.2 Å². The smallest absolute Gasteiger partial charge is 0.328 e. The van der Waals surface area contributed by atoms with Gasteiger partial charge in [0.05, 0.1) is 29.2 Å². The molecule has 1 fully saturated rings. The van der Waals surface area contributed by atoms with E-state index in [0.717, 1.165) is 55.1 Å². The van der Waals surface area contributed by atoms with E-state index < -0.39 is 5.92 Å². The van der Waals surface area contributed by atoms with Crippen molar-refractivity contribution in [3.63, 3.8) is 0 Å². The second kappa shape index (κ2) is 13.2. The maximum absolute atomic E-state index is 12.8.